The Kier molecular flexibility index (Phi) is 6.18. The molecule has 2 amide bonds. The van der Waals surface area contributed by atoms with Gasteiger partial charge in [0, 0.05) is 85.7 Å². The van der Waals surface area contributed by atoms with Crippen molar-refractivity contribution >= 4 is 29.1 Å². The smallest absolute Gasteiger partial charge is 0.225 e. The van der Waals surface area contributed by atoms with Crippen molar-refractivity contribution < 1.29 is 9.59 Å². The number of piperidine rings is 1. The van der Waals surface area contributed by atoms with Crippen LogP contribution in [0, 0.1) is 23.7 Å². The summed E-state index contributed by atoms with van der Waals surface area (Å²) in [6, 6.07) is 8.74. The predicted molar refractivity (Wildman–Crippen MR) is 131 cm³/mol. The highest BCUT2D eigenvalue weighted by Gasteiger charge is 2.46. The Hall–Kier alpha value is -1.87. The third kappa shape index (κ3) is 4.30. The molecule has 4 aliphatic heterocycles. The van der Waals surface area contributed by atoms with Gasteiger partial charge in [-0.25, -0.2) is 10.9 Å². The van der Waals surface area contributed by atoms with E-state index in [1.54, 1.807) is 0 Å². The molecule has 184 valence electrons. The highest BCUT2D eigenvalue weighted by Crippen LogP contribution is 2.36. The fourth-order valence-electron chi connectivity index (χ4n) is 6.86. The standard InChI is InChI=1S/C25H35ClN6O2/c26-20-2-4-21(5-3-20)30-9-7-16(8-10-30)24(33)31-12-18-14-32(15-19(18)13-31)25(34)17-1-6-22-23(11-17)28-29-27-22/h2-5,16-19,22-23,27-29H,1,6-15H2/t17?,18-,19-,22?,23?/m1/s1. The Morgan fingerprint density at radius 2 is 1.35 bits per heavy atom. The van der Waals surface area contributed by atoms with Crippen LogP contribution in [0.1, 0.15) is 32.1 Å². The van der Waals surface area contributed by atoms with Gasteiger partial charge >= 0.3 is 0 Å². The Labute approximate surface area is 206 Å². The molecule has 5 aliphatic rings. The number of hydrazine groups is 2. The summed E-state index contributed by atoms with van der Waals surface area (Å²) in [5.74, 6) is 1.77. The summed E-state index contributed by atoms with van der Waals surface area (Å²) in [5, 5.41) is 0.751. The molecule has 4 saturated heterocycles. The van der Waals surface area contributed by atoms with Crippen molar-refractivity contribution in [3.63, 3.8) is 0 Å². The minimum atomic E-state index is 0.122. The number of nitrogens with zero attached hydrogens (tertiary/aromatic N) is 3. The maximum Gasteiger partial charge on any atom is 0.225 e. The normalized spacial score (nSPS) is 33.8. The third-order valence-electron chi connectivity index (χ3n) is 8.86. The number of carbonyl (C=O) groups is 2. The lowest BCUT2D eigenvalue weighted by atomic mass is 9.82. The van der Waals surface area contributed by atoms with Crippen LogP contribution >= 0.6 is 11.6 Å². The summed E-state index contributed by atoms with van der Waals surface area (Å²) in [6.45, 7) is 5.08. The zero-order chi connectivity index (χ0) is 23.2. The second-order valence-corrected chi connectivity index (χ2v) is 11.3. The largest absolute Gasteiger partial charge is 0.371 e. The molecule has 9 heteroatoms. The predicted octanol–water partition coefficient (Wildman–Crippen LogP) is 1.62. The van der Waals surface area contributed by atoms with Gasteiger partial charge in [0.25, 0.3) is 0 Å². The van der Waals surface area contributed by atoms with Crippen LogP contribution in [0.5, 0.6) is 0 Å². The van der Waals surface area contributed by atoms with Crippen LogP contribution in [0.25, 0.3) is 0 Å². The molecule has 6 rings (SSSR count). The summed E-state index contributed by atoms with van der Waals surface area (Å²) >= 11 is 6.02. The first-order valence-electron chi connectivity index (χ1n) is 12.9. The fraction of sp³-hybridized carbons (Fsp3) is 0.680. The first kappa shape index (κ1) is 22.6. The molecule has 1 aliphatic carbocycles. The summed E-state index contributed by atoms with van der Waals surface area (Å²) in [7, 11) is 0. The third-order valence-corrected chi connectivity index (χ3v) is 9.11. The molecule has 8 nitrogen and oxygen atoms in total. The van der Waals surface area contributed by atoms with Crippen LogP contribution in [-0.2, 0) is 9.59 Å². The average molecular weight is 487 g/mol. The van der Waals surface area contributed by atoms with Crippen molar-refractivity contribution in [3.8, 4) is 0 Å². The maximum absolute atomic E-state index is 13.3. The van der Waals surface area contributed by atoms with Crippen LogP contribution in [0.4, 0.5) is 5.69 Å². The van der Waals surface area contributed by atoms with E-state index >= 15 is 0 Å². The number of hydrogen-bond donors (Lipinski definition) is 3. The second kappa shape index (κ2) is 9.30. The number of hydrogen-bond acceptors (Lipinski definition) is 6. The molecule has 0 bridgehead atoms. The lowest BCUT2D eigenvalue weighted by Gasteiger charge is -2.35. The molecule has 1 aromatic rings. The van der Waals surface area contributed by atoms with Crippen LogP contribution in [-0.4, -0.2) is 73.0 Å². The van der Waals surface area contributed by atoms with Crippen molar-refractivity contribution in [2.75, 3.05) is 44.2 Å². The Bertz CT molecular complexity index is 906. The van der Waals surface area contributed by atoms with Crippen molar-refractivity contribution in [2.24, 2.45) is 23.7 Å². The van der Waals surface area contributed by atoms with Gasteiger partial charge in [-0.1, -0.05) is 11.6 Å². The summed E-state index contributed by atoms with van der Waals surface area (Å²) in [6.07, 6.45) is 4.69. The zero-order valence-electron chi connectivity index (χ0n) is 19.6. The summed E-state index contributed by atoms with van der Waals surface area (Å²) < 4.78 is 0. The lowest BCUT2D eigenvalue weighted by Crippen LogP contribution is -2.46. The molecule has 0 aromatic heterocycles. The molecule has 0 radical (unpaired) electrons. The Morgan fingerprint density at radius 3 is 2.00 bits per heavy atom. The van der Waals surface area contributed by atoms with Gasteiger partial charge in [-0.15, -0.1) is 0 Å². The number of halogens is 1. The van der Waals surface area contributed by atoms with Gasteiger partial charge in [0.1, 0.15) is 0 Å². The van der Waals surface area contributed by atoms with E-state index in [1.807, 2.05) is 12.1 Å². The number of likely N-dealkylation sites (tertiary alicyclic amines) is 2. The van der Waals surface area contributed by atoms with Crippen LogP contribution in [0.2, 0.25) is 5.02 Å². The number of anilines is 1. The molecule has 3 unspecified atom stereocenters. The summed E-state index contributed by atoms with van der Waals surface area (Å²) in [4.78, 5) is 33.0. The fourth-order valence-corrected chi connectivity index (χ4v) is 6.99. The Balaban J connectivity index is 0.982. The van der Waals surface area contributed by atoms with E-state index in [0.29, 0.717) is 35.7 Å². The number of amides is 2. The van der Waals surface area contributed by atoms with Gasteiger partial charge in [0.05, 0.1) is 0 Å². The van der Waals surface area contributed by atoms with E-state index in [1.165, 1.54) is 5.69 Å². The molecule has 4 heterocycles. The average Bonchev–Trinajstić information content (AvgIpc) is 3.58. The second-order valence-electron chi connectivity index (χ2n) is 10.9. The molecule has 0 spiro atoms. The molecule has 3 N–H and O–H groups in total. The number of rotatable bonds is 3. The molecule has 34 heavy (non-hydrogen) atoms. The first-order chi connectivity index (χ1) is 16.5. The maximum atomic E-state index is 13.3. The van der Waals surface area contributed by atoms with Gasteiger partial charge in [-0.2, -0.15) is 5.53 Å². The Morgan fingerprint density at radius 1 is 0.765 bits per heavy atom. The highest BCUT2D eigenvalue weighted by molar-refractivity contribution is 6.30. The van der Waals surface area contributed by atoms with Crippen molar-refractivity contribution in [1.29, 1.82) is 0 Å². The minimum Gasteiger partial charge on any atom is -0.371 e. The SMILES string of the molecule is O=C(C1CCN(c2ccc(Cl)cc2)CC1)N1C[C@@H]2CN(C(=O)C3CCC4NNNC4C3)C[C@H]2C1. The van der Waals surface area contributed by atoms with Gasteiger partial charge in [0.15, 0.2) is 0 Å². The zero-order valence-corrected chi connectivity index (χ0v) is 20.3. The molecule has 5 fully saturated rings. The van der Waals surface area contributed by atoms with Crippen molar-refractivity contribution in [2.45, 2.75) is 44.2 Å². The van der Waals surface area contributed by atoms with E-state index in [9.17, 15) is 9.59 Å². The van der Waals surface area contributed by atoms with Gasteiger partial charge in [-0.3, -0.25) is 9.59 Å². The van der Waals surface area contributed by atoms with E-state index in [2.05, 4.69) is 43.2 Å². The van der Waals surface area contributed by atoms with Crippen molar-refractivity contribution in [3.05, 3.63) is 29.3 Å². The van der Waals surface area contributed by atoms with E-state index in [0.717, 1.165) is 76.4 Å². The molecule has 1 aromatic carbocycles. The summed E-state index contributed by atoms with van der Waals surface area (Å²) in [5.41, 5.74) is 10.7. The monoisotopic (exact) mass is 486 g/mol. The van der Waals surface area contributed by atoms with Gasteiger partial charge in [-0.05, 0) is 56.4 Å². The molecular weight excluding hydrogens is 452 g/mol. The first-order valence-corrected chi connectivity index (χ1v) is 13.3. The minimum absolute atomic E-state index is 0.122. The molecule has 5 atom stereocenters. The quantitative estimate of drug-likeness (QED) is 0.602. The number of nitrogens with one attached hydrogen (secondary N) is 3. The van der Waals surface area contributed by atoms with Crippen LogP contribution in [0.15, 0.2) is 24.3 Å². The number of benzene rings is 1. The molecule has 1 saturated carbocycles. The van der Waals surface area contributed by atoms with Gasteiger partial charge in [0.2, 0.25) is 11.8 Å². The van der Waals surface area contributed by atoms with E-state index < -0.39 is 0 Å². The highest BCUT2D eigenvalue weighted by atomic mass is 35.5. The van der Waals surface area contributed by atoms with Crippen LogP contribution in [0.3, 0.4) is 0 Å². The number of carbonyl (C=O) groups excluding carboxylic acids is 2. The van der Waals surface area contributed by atoms with Crippen molar-refractivity contribution in [1.82, 2.24) is 26.2 Å². The topological polar surface area (TPSA) is 80.0 Å². The number of fused-ring (bicyclic) bond motifs is 2. The van der Waals surface area contributed by atoms with E-state index in [-0.39, 0.29) is 11.8 Å². The van der Waals surface area contributed by atoms with Gasteiger partial charge < -0.3 is 14.7 Å². The molecular formula is C25H35ClN6O2. The van der Waals surface area contributed by atoms with Crippen LogP contribution < -0.4 is 21.3 Å². The van der Waals surface area contributed by atoms with E-state index in [4.69, 9.17) is 11.6 Å². The lowest BCUT2D eigenvalue weighted by molar-refractivity contribution is -0.137.